The van der Waals surface area contributed by atoms with Gasteiger partial charge in [0.25, 0.3) is 5.91 Å². The highest BCUT2D eigenvalue weighted by molar-refractivity contribution is 5.88. The number of ether oxygens (including phenoxy) is 4. The SMILES string of the molecule is COC[C@@H](OC)[C@H](OC)[C@H]1NC(=O)[C@H]1OC. The predicted molar refractivity (Wildman–Crippen MR) is 56.2 cm³/mol. The summed E-state index contributed by atoms with van der Waals surface area (Å²) < 4.78 is 20.7. The Bertz CT molecular complexity index is 235. The molecule has 0 aliphatic carbocycles. The summed E-state index contributed by atoms with van der Waals surface area (Å²) in [5.41, 5.74) is 0. The van der Waals surface area contributed by atoms with Crippen molar-refractivity contribution in [3.8, 4) is 0 Å². The molecule has 1 heterocycles. The summed E-state index contributed by atoms with van der Waals surface area (Å²) in [5.74, 6) is -0.123. The summed E-state index contributed by atoms with van der Waals surface area (Å²) in [5, 5.41) is 2.74. The number of methoxy groups -OCH3 is 4. The number of hydrogen-bond acceptors (Lipinski definition) is 5. The van der Waals surface area contributed by atoms with Gasteiger partial charge in [-0.1, -0.05) is 0 Å². The second-order valence-electron chi connectivity index (χ2n) is 3.62. The number of carbonyl (C=O) groups is 1. The maximum Gasteiger partial charge on any atom is 0.251 e. The Kier molecular flexibility index (Phi) is 5.14. The van der Waals surface area contributed by atoms with Gasteiger partial charge in [0.1, 0.15) is 12.2 Å². The Morgan fingerprint density at radius 3 is 2.31 bits per heavy atom. The van der Waals surface area contributed by atoms with Crippen LogP contribution in [-0.2, 0) is 23.7 Å². The van der Waals surface area contributed by atoms with Crippen LogP contribution in [0.15, 0.2) is 0 Å². The van der Waals surface area contributed by atoms with E-state index in [1.807, 2.05) is 0 Å². The van der Waals surface area contributed by atoms with Gasteiger partial charge in [-0.05, 0) is 0 Å². The van der Waals surface area contributed by atoms with Gasteiger partial charge in [0.05, 0.1) is 12.6 Å². The van der Waals surface area contributed by atoms with Crippen molar-refractivity contribution < 1.29 is 23.7 Å². The van der Waals surface area contributed by atoms with Gasteiger partial charge in [-0.2, -0.15) is 0 Å². The molecule has 0 bridgehead atoms. The van der Waals surface area contributed by atoms with Crippen molar-refractivity contribution in [2.75, 3.05) is 35.0 Å². The third-order valence-corrected chi connectivity index (χ3v) is 2.77. The molecule has 0 radical (unpaired) electrons. The van der Waals surface area contributed by atoms with Gasteiger partial charge in [0.15, 0.2) is 6.10 Å². The average Bonchev–Trinajstić information content (AvgIpc) is 2.27. The standard InChI is InChI=1S/C10H19NO5/c1-13-5-6(14-2)8(15-3)7-9(16-4)10(12)11-7/h6-9H,5H2,1-4H3,(H,11,12)/t6-,7-,8+,9+/m1/s1. The van der Waals surface area contributed by atoms with E-state index >= 15 is 0 Å². The third kappa shape index (κ3) is 2.52. The number of rotatable bonds is 7. The van der Waals surface area contributed by atoms with E-state index in [-0.39, 0.29) is 24.2 Å². The van der Waals surface area contributed by atoms with Crippen molar-refractivity contribution in [1.29, 1.82) is 0 Å². The fraction of sp³-hybridized carbons (Fsp3) is 0.900. The lowest BCUT2D eigenvalue weighted by Gasteiger charge is -2.42. The quantitative estimate of drug-likeness (QED) is 0.582. The molecule has 0 aromatic rings. The van der Waals surface area contributed by atoms with Gasteiger partial charge in [-0.25, -0.2) is 0 Å². The molecule has 16 heavy (non-hydrogen) atoms. The molecule has 1 saturated heterocycles. The van der Waals surface area contributed by atoms with Crippen molar-refractivity contribution in [1.82, 2.24) is 5.32 Å². The number of carbonyl (C=O) groups excluding carboxylic acids is 1. The summed E-state index contributed by atoms with van der Waals surface area (Å²) in [4.78, 5) is 11.2. The Labute approximate surface area is 95.2 Å². The molecule has 94 valence electrons. The van der Waals surface area contributed by atoms with Crippen molar-refractivity contribution in [2.24, 2.45) is 0 Å². The van der Waals surface area contributed by atoms with Crippen LogP contribution >= 0.6 is 0 Å². The van der Waals surface area contributed by atoms with Crippen LogP contribution in [0.2, 0.25) is 0 Å². The summed E-state index contributed by atoms with van der Waals surface area (Å²) >= 11 is 0. The monoisotopic (exact) mass is 233 g/mol. The first-order valence-corrected chi connectivity index (χ1v) is 5.07. The van der Waals surface area contributed by atoms with Crippen LogP contribution in [-0.4, -0.2) is 65.3 Å². The van der Waals surface area contributed by atoms with Gasteiger partial charge in [-0.3, -0.25) is 4.79 Å². The van der Waals surface area contributed by atoms with Crippen LogP contribution in [0.1, 0.15) is 0 Å². The zero-order valence-corrected chi connectivity index (χ0v) is 10.1. The number of β-lactam (4-membered cyclic amide) rings is 1. The zero-order valence-electron chi connectivity index (χ0n) is 10.1. The topological polar surface area (TPSA) is 66.0 Å². The molecule has 6 nitrogen and oxygen atoms in total. The Hall–Kier alpha value is -0.690. The molecule has 1 amide bonds. The van der Waals surface area contributed by atoms with Crippen molar-refractivity contribution in [2.45, 2.75) is 24.4 Å². The van der Waals surface area contributed by atoms with E-state index < -0.39 is 6.10 Å². The molecule has 0 aromatic heterocycles. The highest BCUT2D eigenvalue weighted by Crippen LogP contribution is 2.19. The number of hydrogen-bond donors (Lipinski definition) is 1. The fourth-order valence-corrected chi connectivity index (χ4v) is 1.89. The van der Waals surface area contributed by atoms with E-state index in [1.165, 1.54) is 7.11 Å². The second-order valence-corrected chi connectivity index (χ2v) is 3.62. The van der Waals surface area contributed by atoms with Crippen LogP contribution < -0.4 is 5.32 Å². The maximum atomic E-state index is 11.2. The van der Waals surface area contributed by atoms with Crippen LogP contribution in [0.4, 0.5) is 0 Å². The van der Waals surface area contributed by atoms with Crippen LogP contribution in [0.25, 0.3) is 0 Å². The van der Waals surface area contributed by atoms with E-state index in [0.29, 0.717) is 6.61 Å². The third-order valence-electron chi connectivity index (χ3n) is 2.77. The van der Waals surface area contributed by atoms with Gasteiger partial charge in [0.2, 0.25) is 0 Å². The molecule has 1 aliphatic rings. The van der Waals surface area contributed by atoms with Crippen LogP contribution in [0.3, 0.4) is 0 Å². The van der Waals surface area contributed by atoms with Crippen molar-refractivity contribution in [3.05, 3.63) is 0 Å². The molecule has 1 rings (SSSR count). The second kappa shape index (κ2) is 6.15. The minimum Gasteiger partial charge on any atom is -0.382 e. The van der Waals surface area contributed by atoms with Gasteiger partial charge < -0.3 is 24.3 Å². The largest absolute Gasteiger partial charge is 0.382 e. The fourth-order valence-electron chi connectivity index (χ4n) is 1.89. The lowest BCUT2D eigenvalue weighted by Crippen LogP contribution is -2.70. The first-order chi connectivity index (χ1) is 7.69. The summed E-state index contributed by atoms with van der Waals surface area (Å²) in [7, 11) is 6.24. The number of nitrogens with one attached hydrogen (secondary N) is 1. The average molecular weight is 233 g/mol. The molecule has 4 atom stereocenters. The van der Waals surface area contributed by atoms with E-state index in [4.69, 9.17) is 18.9 Å². The van der Waals surface area contributed by atoms with Gasteiger partial charge in [-0.15, -0.1) is 0 Å². The Balaban J connectivity index is 2.62. The van der Waals surface area contributed by atoms with Crippen molar-refractivity contribution >= 4 is 5.91 Å². The first kappa shape index (κ1) is 13.4. The molecule has 0 aromatic carbocycles. The molecule has 0 saturated carbocycles. The maximum absolute atomic E-state index is 11.2. The molecule has 0 spiro atoms. The van der Waals surface area contributed by atoms with Gasteiger partial charge in [0, 0.05) is 28.4 Å². The smallest absolute Gasteiger partial charge is 0.251 e. The molecule has 1 aliphatic heterocycles. The lowest BCUT2D eigenvalue weighted by atomic mass is 9.92. The summed E-state index contributed by atoms with van der Waals surface area (Å²) in [6, 6.07) is -0.192. The van der Waals surface area contributed by atoms with E-state index in [1.54, 1.807) is 21.3 Å². The summed E-state index contributed by atoms with van der Waals surface area (Å²) in [6.07, 6.45) is -0.995. The van der Waals surface area contributed by atoms with Crippen LogP contribution in [0.5, 0.6) is 0 Å². The molecular formula is C10H19NO5. The molecule has 6 heteroatoms. The molecule has 1 N–H and O–H groups in total. The first-order valence-electron chi connectivity index (χ1n) is 5.07. The van der Waals surface area contributed by atoms with E-state index in [2.05, 4.69) is 5.32 Å². The van der Waals surface area contributed by atoms with Gasteiger partial charge >= 0.3 is 0 Å². The molecular weight excluding hydrogens is 214 g/mol. The molecule has 0 unspecified atom stereocenters. The predicted octanol–water partition coefficient (Wildman–Crippen LogP) is -0.824. The van der Waals surface area contributed by atoms with Crippen LogP contribution in [0, 0.1) is 0 Å². The minimum atomic E-state index is -0.473. The minimum absolute atomic E-state index is 0.123. The highest BCUT2D eigenvalue weighted by Gasteiger charge is 2.47. The number of amides is 1. The van der Waals surface area contributed by atoms with E-state index in [9.17, 15) is 4.79 Å². The highest BCUT2D eigenvalue weighted by atomic mass is 16.6. The zero-order chi connectivity index (χ0) is 12.1. The lowest BCUT2D eigenvalue weighted by molar-refractivity contribution is -0.162. The summed E-state index contributed by atoms with van der Waals surface area (Å²) in [6.45, 7) is 0.401. The van der Waals surface area contributed by atoms with Crippen molar-refractivity contribution in [3.63, 3.8) is 0 Å². The Morgan fingerprint density at radius 2 is 1.94 bits per heavy atom. The Morgan fingerprint density at radius 1 is 1.25 bits per heavy atom. The van der Waals surface area contributed by atoms with E-state index in [0.717, 1.165) is 0 Å². The normalized spacial score (nSPS) is 28.1. The molecule has 1 fully saturated rings.